The molecule has 1 saturated heterocycles. The highest BCUT2D eigenvalue weighted by Gasteiger charge is 2.18. The molecule has 0 saturated carbocycles. The van der Waals surface area contributed by atoms with Gasteiger partial charge in [-0.15, -0.1) is 0 Å². The van der Waals surface area contributed by atoms with Crippen LogP contribution in [0.2, 0.25) is 0 Å². The van der Waals surface area contributed by atoms with Gasteiger partial charge in [-0.1, -0.05) is 36.4 Å². The third-order valence-corrected chi connectivity index (χ3v) is 4.66. The highest BCUT2D eigenvalue weighted by molar-refractivity contribution is 5.57. The molecule has 25 heavy (non-hydrogen) atoms. The van der Waals surface area contributed by atoms with E-state index in [4.69, 9.17) is 4.74 Å². The first-order chi connectivity index (χ1) is 12.3. The van der Waals surface area contributed by atoms with E-state index in [1.54, 1.807) is 7.11 Å². The Bertz CT molecular complexity index is 664. The summed E-state index contributed by atoms with van der Waals surface area (Å²) in [5, 5.41) is 3.64. The van der Waals surface area contributed by atoms with Gasteiger partial charge in [0.15, 0.2) is 0 Å². The molecule has 3 rings (SSSR count). The second kappa shape index (κ2) is 9.35. The normalized spacial score (nSPS) is 16.4. The largest absolute Gasteiger partial charge is 0.496 e. The van der Waals surface area contributed by atoms with Crippen molar-refractivity contribution >= 4 is 6.08 Å². The van der Waals surface area contributed by atoms with Crippen molar-refractivity contribution in [2.24, 2.45) is 0 Å². The molecule has 2 aromatic rings. The van der Waals surface area contributed by atoms with Gasteiger partial charge < -0.3 is 10.1 Å². The molecule has 0 spiro atoms. The Morgan fingerprint density at radius 2 is 1.96 bits per heavy atom. The average molecular weight is 337 g/mol. The third kappa shape index (κ3) is 5.41. The molecule has 1 aromatic heterocycles. The third-order valence-electron chi connectivity index (χ3n) is 4.66. The zero-order valence-electron chi connectivity index (χ0n) is 14.9. The Labute approximate surface area is 150 Å². The van der Waals surface area contributed by atoms with Crippen LogP contribution in [0, 0.1) is 0 Å². The lowest BCUT2D eigenvalue weighted by Crippen LogP contribution is -2.42. The summed E-state index contributed by atoms with van der Waals surface area (Å²) in [5.41, 5.74) is 2.28. The maximum absolute atomic E-state index is 5.37. The Balaban J connectivity index is 1.38. The number of rotatable bonds is 7. The number of hydrogen-bond acceptors (Lipinski definition) is 4. The summed E-state index contributed by atoms with van der Waals surface area (Å²) in [4.78, 5) is 6.91. The first kappa shape index (κ1) is 17.6. The molecule has 0 atom stereocenters. The van der Waals surface area contributed by atoms with Crippen molar-refractivity contribution in [3.05, 3.63) is 66.0 Å². The summed E-state index contributed by atoms with van der Waals surface area (Å²) in [6, 6.07) is 14.8. The van der Waals surface area contributed by atoms with Crippen LogP contribution in [0.4, 0.5) is 0 Å². The van der Waals surface area contributed by atoms with Crippen molar-refractivity contribution in [3.63, 3.8) is 0 Å². The molecule has 4 nitrogen and oxygen atoms in total. The van der Waals surface area contributed by atoms with Gasteiger partial charge >= 0.3 is 0 Å². The number of piperidine rings is 1. The first-order valence-corrected chi connectivity index (χ1v) is 9.00. The minimum Gasteiger partial charge on any atom is -0.496 e. The number of nitrogens with zero attached hydrogens (tertiary/aromatic N) is 2. The van der Waals surface area contributed by atoms with Gasteiger partial charge in [-0.25, -0.2) is 0 Å². The van der Waals surface area contributed by atoms with Gasteiger partial charge in [-0.3, -0.25) is 9.88 Å². The van der Waals surface area contributed by atoms with E-state index in [0.717, 1.165) is 43.2 Å². The molecule has 1 aliphatic heterocycles. The van der Waals surface area contributed by atoms with Gasteiger partial charge in [0.1, 0.15) is 5.75 Å². The highest BCUT2D eigenvalue weighted by atomic mass is 16.5. The number of hydrogen-bond donors (Lipinski definition) is 1. The molecule has 0 amide bonds. The fraction of sp³-hybridized carbons (Fsp3) is 0.381. The number of pyridine rings is 1. The van der Waals surface area contributed by atoms with Crippen LogP contribution in [0.15, 0.2) is 54.7 Å². The quantitative estimate of drug-likeness (QED) is 0.841. The van der Waals surface area contributed by atoms with Gasteiger partial charge in [-0.2, -0.15) is 0 Å². The number of aromatic nitrogens is 1. The predicted molar refractivity (Wildman–Crippen MR) is 103 cm³/mol. The van der Waals surface area contributed by atoms with Crippen molar-refractivity contribution in [1.29, 1.82) is 0 Å². The predicted octanol–water partition coefficient (Wildman–Crippen LogP) is 3.36. The smallest absolute Gasteiger partial charge is 0.126 e. The molecule has 0 bridgehead atoms. The molecule has 0 radical (unpaired) electrons. The Hall–Kier alpha value is -2.17. The van der Waals surface area contributed by atoms with Crippen molar-refractivity contribution in [2.45, 2.75) is 25.4 Å². The SMILES string of the molecule is COc1ccccc1/C=C\CNC1CCN(Cc2ccccn2)CC1. The first-order valence-electron chi connectivity index (χ1n) is 9.00. The van der Waals surface area contributed by atoms with Crippen LogP contribution in [0.3, 0.4) is 0 Å². The lowest BCUT2D eigenvalue weighted by molar-refractivity contribution is 0.191. The number of likely N-dealkylation sites (tertiary alicyclic amines) is 1. The lowest BCUT2D eigenvalue weighted by Gasteiger charge is -2.32. The van der Waals surface area contributed by atoms with Crippen LogP contribution in [-0.2, 0) is 6.54 Å². The van der Waals surface area contributed by atoms with E-state index in [-0.39, 0.29) is 0 Å². The number of methoxy groups -OCH3 is 1. The zero-order chi connectivity index (χ0) is 17.3. The van der Waals surface area contributed by atoms with Crippen molar-refractivity contribution < 1.29 is 4.74 Å². The van der Waals surface area contributed by atoms with E-state index < -0.39 is 0 Å². The van der Waals surface area contributed by atoms with Gasteiger partial charge in [0.25, 0.3) is 0 Å². The second-order valence-electron chi connectivity index (χ2n) is 6.42. The van der Waals surface area contributed by atoms with Crippen LogP contribution >= 0.6 is 0 Å². The van der Waals surface area contributed by atoms with Gasteiger partial charge in [0, 0.05) is 44.0 Å². The van der Waals surface area contributed by atoms with Crippen molar-refractivity contribution in [1.82, 2.24) is 15.2 Å². The fourth-order valence-electron chi connectivity index (χ4n) is 3.24. The molecule has 1 aliphatic rings. The van der Waals surface area contributed by atoms with Gasteiger partial charge in [-0.05, 0) is 31.0 Å². The van der Waals surface area contributed by atoms with Gasteiger partial charge in [0.05, 0.1) is 12.8 Å². The van der Waals surface area contributed by atoms with E-state index in [2.05, 4.69) is 45.6 Å². The molecule has 0 unspecified atom stereocenters. The molecule has 132 valence electrons. The molecule has 1 fully saturated rings. The van der Waals surface area contributed by atoms with Crippen LogP contribution in [0.25, 0.3) is 6.08 Å². The van der Waals surface area contributed by atoms with Crippen molar-refractivity contribution in [3.8, 4) is 5.75 Å². The maximum atomic E-state index is 5.37. The van der Waals surface area contributed by atoms with Crippen LogP contribution in [-0.4, -0.2) is 42.7 Å². The van der Waals surface area contributed by atoms with E-state index in [1.165, 1.54) is 12.8 Å². The zero-order valence-corrected chi connectivity index (χ0v) is 14.9. The number of para-hydroxylation sites is 1. The fourth-order valence-corrected chi connectivity index (χ4v) is 3.24. The van der Waals surface area contributed by atoms with Crippen molar-refractivity contribution in [2.75, 3.05) is 26.7 Å². The summed E-state index contributed by atoms with van der Waals surface area (Å²) in [7, 11) is 1.71. The molecular weight excluding hydrogens is 310 g/mol. The number of benzene rings is 1. The Kier molecular flexibility index (Phi) is 6.60. The van der Waals surface area contributed by atoms with E-state index in [9.17, 15) is 0 Å². The highest BCUT2D eigenvalue weighted by Crippen LogP contribution is 2.18. The molecule has 2 heterocycles. The minimum absolute atomic E-state index is 0.599. The van der Waals surface area contributed by atoms with Gasteiger partial charge in [0.2, 0.25) is 0 Å². The van der Waals surface area contributed by atoms with E-state index in [1.807, 2.05) is 30.5 Å². The Morgan fingerprint density at radius 1 is 1.16 bits per heavy atom. The van der Waals surface area contributed by atoms with Crippen LogP contribution in [0.1, 0.15) is 24.1 Å². The molecule has 1 aromatic carbocycles. The monoisotopic (exact) mass is 337 g/mol. The van der Waals surface area contributed by atoms with E-state index in [0.29, 0.717) is 6.04 Å². The maximum Gasteiger partial charge on any atom is 0.126 e. The second-order valence-corrected chi connectivity index (χ2v) is 6.42. The van der Waals surface area contributed by atoms with E-state index >= 15 is 0 Å². The Morgan fingerprint density at radius 3 is 2.72 bits per heavy atom. The summed E-state index contributed by atoms with van der Waals surface area (Å²) in [6.45, 7) is 4.11. The van der Waals surface area contributed by atoms with Crippen LogP contribution < -0.4 is 10.1 Å². The summed E-state index contributed by atoms with van der Waals surface area (Å²) in [5.74, 6) is 0.918. The average Bonchev–Trinajstić information content (AvgIpc) is 2.67. The summed E-state index contributed by atoms with van der Waals surface area (Å²) < 4.78 is 5.37. The number of ether oxygens (including phenoxy) is 1. The minimum atomic E-state index is 0.599. The molecule has 1 N–H and O–H groups in total. The molecular formula is C21H27N3O. The number of nitrogens with one attached hydrogen (secondary N) is 1. The molecule has 4 heteroatoms. The lowest BCUT2D eigenvalue weighted by atomic mass is 10.0. The van der Waals surface area contributed by atoms with Crippen LogP contribution in [0.5, 0.6) is 5.75 Å². The summed E-state index contributed by atoms with van der Waals surface area (Å²) >= 11 is 0. The molecule has 0 aliphatic carbocycles. The topological polar surface area (TPSA) is 37.4 Å². The standard InChI is InChI=1S/C21H27N3O/c1-25-21-10-3-2-7-18(21)8-6-14-22-19-11-15-24(16-12-19)17-20-9-4-5-13-23-20/h2-10,13,19,22H,11-12,14-17H2,1H3/b8-6-. The summed E-state index contributed by atoms with van der Waals surface area (Å²) in [6.07, 6.45) is 8.56.